The van der Waals surface area contributed by atoms with Gasteiger partial charge in [0, 0.05) is 24.7 Å². The summed E-state index contributed by atoms with van der Waals surface area (Å²) in [5.74, 6) is 0. The average Bonchev–Trinajstić information content (AvgIpc) is 2.30. The van der Waals surface area contributed by atoms with Crippen LogP contribution in [0.1, 0.15) is 11.1 Å². The second kappa shape index (κ2) is 7.09. The van der Waals surface area contributed by atoms with Gasteiger partial charge in [0.1, 0.15) is 0 Å². The number of aliphatic hydroxyl groups excluding tert-OH is 1. The van der Waals surface area contributed by atoms with Crippen LogP contribution in [0.3, 0.4) is 0 Å². The summed E-state index contributed by atoms with van der Waals surface area (Å²) in [4.78, 5) is 1.10. The van der Waals surface area contributed by atoms with E-state index in [1.165, 1.54) is 0 Å². The topological polar surface area (TPSA) is 49.5 Å². The number of aliphatic hydroxyl groups is 1. The Labute approximate surface area is 114 Å². The number of hydrogen-bond donors (Lipinski definition) is 2. The molecule has 3 nitrogen and oxygen atoms in total. The van der Waals surface area contributed by atoms with Crippen molar-refractivity contribution in [3.8, 4) is 0 Å². The summed E-state index contributed by atoms with van der Waals surface area (Å²) in [5, 5.41) is 9.19. The molecule has 0 aliphatic carbocycles. The van der Waals surface area contributed by atoms with Gasteiger partial charge in [-0.15, -0.1) is 0 Å². The van der Waals surface area contributed by atoms with Gasteiger partial charge in [-0.3, -0.25) is 4.90 Å². The molecule has 0 unspecified atom stereocenters. The second-order valence-corrected chi connectivity index (χ2v) is 4.59. The lowest BCUT2D eigenvalue weighted by Crippen LogP contribution is -2.35. The van der Waals surface area contributed by atoms with Crippen LogP contribution in [0.5, 0.6) is 0 Å². The third-order valence-corrected chi connectivity index (χ3v) is 2.92. The Morgan fingerprint density at radius 2 is 2.00 bits per heavy atom. The fourth-order valence-corrected chi connectivity index (χ4v) is 1.96. The van der Waals surface area contributed by atoms with E-state index in [0.29, 0.717) is 17.1 Å². The number of alkyl halides is 3. The standard InChI is InChI=1S/C12H16ClF3N2O/c13-11-5-9(6-17)1-2-10(11)7-18(3-4-19)8-12(14,15)16/h1-2,5,19H,3-4,6-8,17H2. The van der Waals surface area contributed by atoms with Gasteiger partial charge in [-0.25, -0.2) is 0 Å². The quantitative estimate of drug-likeness (QED) is 0.846. The molecule has 0 saturated heterocycles. The molecule has 0 saturated carbocycles. The zero-order valence-electron chi connectivity index (χ0n) is 10.3. The van der Waals surface area contributed by atoms with Gasteiger partial charge in [0.15, 0.2) is 0 Å². The van der Waals surface area contributed by atoms with Gasteiger partial charge in [0.05, 0.1) is 13.2 Å². The summed E-state index contributed by atoms with van der Waals surface area (Å²) in [5.41, 5.74) is 6.85. The number of nitrogens with two attached hydrogens (primary N) is 1. The zero-order chi connectivity index (χ0) is 14.5. The molecule has 0 aliphatic heterocycles. The first-order valence-electron chi connectivity index (χ1n) is 5.73. The van der Waals surface area contributed by atoms with Crippen LogP contribution in [0.4, 0.5) is 13.2 Å². The van der Waals surface area contributed by atoms with E-state index in [4.69, 9.17) is 22.4 Å². The highest BCUT2D eigenvalue weighted by molar-refractivity contribution is 6.31. The van der Waals surface area contributed by atoms with Crippen LogP contribution in [0, 0.1) is 0 Å². The maximum Gasteiger partial charge on any atom is 0.401 e. The van der Waals surface area contributed by atoms with Crippen LogP contribution < -0.4 is 5.73 Å². The van der Waals surface area contributed by atoms with Gasteiger partial charge in [-0.05, 0) is 17.2 Å². The zero-order valence-corrected chi connectivity index (χ0v) is 11.0. The molecule has 1 aromatic rings. The molecule has 0 heterocycles. The van der Waals surface area contributed by atoms with E-state index in [0.717, 1.165) is 10.5 Å². The Morgan fingerprint density at radius 1 is 1.32 bits per heavy atom. The molecule has 3 N–H and O–H groups in total. The van der Waals surface area contributed by atoms with E-state index in [1.54, 1.807) is 18.2 Å². The minimum Gasteiger partial charge on any atom is -0.395 e. The normalized spacial score (nSPS) is 12.2. The summed E-state index contributed by atoms with van der Waals surface area (Å²) in [6.07, 6.45) is -4.31. The van der Waals surface area contributed by atoms with Crippen molar-refractivity contribution < 1.29 is 18.3 Å². The minimum atomic E-state index is -4.31. The highest BCUT2D eigenvalue weighted by atomic mass is 35.5. The lowest BCUT2D eigenvalue weighted by molar-refractivity contribution is -0.147. The van der Waals surface area contributed by atoms with Crippen LogP contribution in [0.2, 0.25) is 5.02 Å². The SMILES string of the molecule is NCc1ccc(CN(CCO)CC(F)(F)F)c(Cl)c1. The third kappa shape index (κ3) is 5.78. The molecule has 1 rings (SSSR count). The molecule has 0 atom stereocenters. The molecule has 0 fully saturated rings. The molecule has 108 valence electrons. The van der Waals surface area contributed by atoms with Crippen molar-refractivity contribution in [1.29, 1.82) is 0 Å². The summed E-state index contributed by atoms with van der Waals surface area (Å²) < 4.78 is 37.1. The molecule has 0 spiro atoms. The number of nitrogens with zero attached hydrogens (tertiary/aromatic N) is 1. The van der Waals surface area contributed by atoms with Crippen molar-refractivity contribution in [2.45, 2.75) is 19.3 Å². The van der Waals surface area contributed by atoms with Gasteiger partial charge in [-0.2, -0.15) is 13.2 Å². The Bertz CT molecular complexity index is 412. The van der Waals surface area contributed by atoms with Crippen molar-refractivity contribution in [3.05, 3.63) is 34.3 Å². The predicted octanol–water partition coefficient (Wildman–Crippen LogP) is 2.16. The van der Waals surface area contributed by atoms with E-state index in [2.05, 4.69) is 0 Å². The van der Waals surface area contributed by atoms with Crippen molar-refractivity contribution in [1.82, 2.24) is 4.90 Å². The summed E-state index contributed by atoms with van der Waals surface area (Å²) in [7, 11) is 0. The van der Waals surface area contributed by atoms with Crippen LogP contribution in [-0.2, 0) is 13.1 Å². The maximum atomic E-state index is 12.4. The predicted molar refractivity (Wildman–Crippen MR) is 67.8 cm³/mol. The fraction of sp³-hybridized carbons (Fsp3) is 0.500. The summed E-state index contributed by atoms with van der Waals surface area (Å²) >= 11 is 6.00. The van der Waals surface area contributed by atoms with Crippen LogP contribution in [0.25, 0.3) is 0 Å². The van der Waals surface area contributed by atoms with Gasteiger partial charge < -0.3 is 10.8 Å². The molecule has 1 aromatic carbocycles. The minimum absolute atomic E-state index is 0.0315. The van der Waals surface area contributed by atoms with E-state index in [9.17, 15) is 13.2 Å². The first-order chi connectivity index (χ1) is 8.85. The fourth-order valence-electron chi connectivity index (χ4n) is 1.70. The number of halogens is 4. The Morgan fingerprint density at radius 3 is 2.47 bits per heavy atom. The van der Waals surface area contributed by atoms with E-state index in [-0.39, 0.29) is 19.7 Å². The Kier molecular flexibility index (Phi) is 6.06. The summed E-state index contributed by atoms with van der Waals surface area (Å²) in [6, 6.07) is 5.03. The molecule has 7 heteroatoms. The molecular formula is C12H16ClF3N2O. The smallest absolute Gasteiger partial charge is 0.395 e. The van der Waals surface area contributed by atoms with Crippen LogP contribution in [0.15, 0.2) is 18.2 Å². The first kappa shape index (κ1) is 16.2. The highest BCUT2D eigenvalue weighted by Gasteiger charge is 2.30. The number of hydrogen-bond acceptors (Lipinski definition) is 3. The molecule has 0 aromatic heterocycles. The Balaban J connectivity index is 2.78. The van der Waals surface area contributed by atoms with Crippen molar-refractivity contribution in [3.63, 3.8) is 0 Å². The monoisotopic (exact) mass is 296 g/mol. The maximum absolute atomic E-state index is 12.4. The van der Waals surface area contributed by atoms with Crippen molar-refractivity contribution in [2.75, 3.05) is 19.7 Å². The van der Waals surface area contributed by atoms with E-state index >= 15 is 0 Å². The Hall–Kier alpha value is -0.820. The van der Waals surface area contributed by atoms with E-state index < -0.39 is 12.7 Å². The van der Waals surface area contributed by atoms with Crippen molar-refractivity contribution >= 4 is 11.6 Å². The second-order valence-electron chi connectivity index (χ2n) is 4.18. The molecule has 19 heavy (non-hydrogen) atoms. The first-order valence-corrected chi connectivity index (χ1v) is 6.11. The number of benzene rings is 1. The van der Waals surface area contributed by atoms with Crippen LogP contribution in [-0.4, -0.2) is 35.9 Å². The van der Waals surface area contributed by atoms with Gasteiger partial charge >= 0.3 is 6.18 Å². The van der Waals surface area contributed by atoms with Gasteiger partial charge in [0.25, 0.3) is 0 Å². The molecule has 0 amide bonds. The lowest BCUT2D eigenvalue weighted by Gasteiger charge is -2.23. The van der Waals surface area contributed by atoms with Crippen LogP contribution >= 0.6 is 11.6 Å². The highest BCUT2D eigenvalue weighted by Crippen LogP contribution is 2.22. The molecule has 0 aliphatic rings. The van der Waals surface area contributed by atoms with Crippen molar-refractivity contribution in [2.24, 2.45) is 5.73 Å². The number of rotatable bonds is 6. The molecular weight excluding hydrogens is 281 g/mol. The summed E-state index contributed by atoms with van der Waals surface area (Å²) in [6.45, 7) is -1.13. The largest absolute Gasteiger partial charge is 0.401 e. The third-order valence-electron chi connectivity index (χ3n) is 2.57. The molecule has 0 radical (unpaired) electrons. The van der Waals surface area contributed by atoms with Gasteiger partial charge in [-0.1, -0.05) is 23.7 Å². The molecule has 0 bridgehead atoms. The average molecular weight is 297 g/mol. The lowest BCUT2D eigenvalue weighted by atomic mass is 10.1. The van der Waals surface area contributed by atoms with Gasteiger partial charge in [0.2, 0.25) is 0 Å². The van der Waals surface area contributed by atoms with E-state index in [1.807, 2.05) is 0 Å².